The molecule has 0 aliphatic rings. The van der Waals surface area contributed by atoms with Crippen LogP contribution in [0.25, 0.3) is 0 Å². The van der Waals surface area contributed by atoms with Crippen molar-refractivity contribution in [2.24, 2.45) is 5.10 Å². The van der Waals surface area contributed by atoms with Crippen LogP contribution in [-0.4, -0.2) is 22.5 Å². The van der Waals surface area contributed by atoms with E-state index in [9.17, 15) is 9.59 Å². The van der Waals surface area contributed by atoms with E-state index in [-0.39, 0.29) is 5.71 Å². The second kappa shape index (κ2) is 7.46. The predicted octanol–water partition coefficient (Wildman–Crippen LogP) is 2.59. The fourth-order valence-electron chi connectivity index (χ4n) is 1.51. The molecule has 0 atom stereocenters. The summed E-state index contributed by atoms with van der Waals surface area (Å²) in [4.78, 5) is 27.5. The van der Waals surface area contributed by atoms with Crippen LogP contribution < -0.4 is 10.7 Å². The fourth-order valence-corrected chi connectivity index (χ4v) is 1.77. The van der Waals surface area contributed by atoms with Crippen molar-refractivity contribution in [2.75, 3.05) is 5.32 Å². The van der Waals surface area contributed by atoms with Gasteiger partial charge in [0.05, 0.1) is 0 Å². The zero-order valence-electron chi connectivity index (χ0n) is 11.7. The quantitative estimate of drug-likeness (QED) is 0.649. The maximum absolute atomic E-state index is 11.9. The maximum Gasteiger partial charge on any atom is 0.271 e. The summed E-state index contributed by atoms with van der Waals surface area (Å²) < 4.78 is 0.917. The van der Waals surface area contributed by atoms with Gasteiger partial charge in [-0.2, -0.15) is 5.10 Å². The van der Waals surface area contributed by atoms with Gasteiger partial charge in [-0.3, -0.25) is 14.6 Å². The smallest absolute Gasteiger partial charge is 0.271 e. The topological polar surface area (TPSA) is 83.5 Å². The van der Waals surface area contributed by atoms with E-state index in [1.54, 1.807) is 24.3 Å². The minimum Gasteiger partial charge on any atom is -0.321 e. The Bertz CT molecular complexity index is 699. The third-order valence-corrected chi connectivity index (χ3v) is 3.23. The standard InChI is InChI=1S/C15H13BrN4O2/c1-10(14(21)18-13-4-2-12(16)3-5-13)19-20-15(22)11-6-8-17-9-7-11/h2-9H,1H3,(H,18,21)(H,20,22)/b19-10+. The molecule has 0 aliphatic carbocycles. The van der Waals surface area contributed by atoms with E-state index >= 15 is 0 Å². The molecule has 22 heavy (non-hydrogen) atoms. The van der Waals surface area contributed by atoms with Gasteiger partial charge in [-0.25, -0.2) is 5.43 Å². The first-order valence-corrected chi connectivity index (χ1v) is 7.17. The zero-order valence-corrected chi connectivity index (χ0v) is 13.3. The molecule has 112 valence electrons. The molecule has 2 aromatic rings. The minimum absolute atomic E-state index is 0.144. The highest BCUT2D eigenvalue weighted by atomic mass is 79.9. The van der Waals surface area contributed by atoms with Gasteiger partial charge in [0.2, 0.25) is 0 Å². The lowest BCUT2D eigenvalue weighted by atomic mass is 10.2. The van der Waals surface area contributed by atoms with Crippen LogP contribution in [0.4, 0.5) is 5.69 Å². The van der Waals surface area contributed by atoms with Crippen LogP contribution in [-0.2, 0) is 4.79 Å². The molecule has 0 saturated heterocycles. The number of benzene rings is 1. The number of rotatable bonds is 4. The molecular weight excluding hydrogens is 348 g/mol. The Balaban J connectivity index is 1.95. The molecule has 7 heteroatoms. The molecule has 1 heterocycles. The van der Waals surface area contributed by atoms with Gasteiger partial charge in [0.15, 0.2) is 0 Å². The van der Waals surface area contributed by atoms with E-state index < -0.39 is 11.8 Å². The summed E-state index contributed by atoms with van der Waals surface area (Å²) in [5.41, 5.74) is 3.53. The Labute approximate surface area is 135 Å². The fraction of sp³-hybridized carbons (Fsp3) is 0.0667. The Morgan fingerprint density at radius 3 is 2.36 bits per heavy atom. The highest BCUT2D eigenvalue weighted by Crippen LogP contribution is 2.13. The molecule has 0 radical (unpaired) electrons. The normalized spacial score (nSPS) is 10.9. The summed E-state index contributed by atoms with van der Waals surface area (Å²) in [5, 5.41) is 6.47. The second-order valence-corrected chi connectivity index (χ2v) is 5.25. The average Bonchev–Trinajstić information content (AvgIpc) is 2.55. The van der Waals surface area contributed by atoms with Crippen molar-refractivity contribution in [3.63, 3.8) is 0 Å². The lowest BCUT2D eigenvalue weighted by Gasteiger charge is -2.05. The van der Waals surface area contributed by atoms with Gasteiger partial charge in [-0.05, 0) is 43.3 Å². The van der Waals surface area contributed by atoms with Crippen molar-refractivity contribution in [2.45, 2.75) is 6.92 Å². The third-order valence-electron chi connectivity index (χ3n) is 2.70. The summed E-state index contributed by atoms with van der Waals surface area (Å²) in [6, 6.07) is 10.3. The molecule has 0 aliphatic heterocycles. The molecule has 0 saturated carbocycles. The van der Waals surface area contributed by atoms with Crippen molar-refractivity contribution in [1.82, 2.24) is 10.4 Å². The molecule has 2 N–H and O–H groups in total. The number of hydrogen-bond acceptors (Lipinski definition) is 4. The highest BCUT2D eigenvalue weighted by Gasteiger charge is 2.08. The van der Waals surface area contributed by atoms with Gasteiger partial charge in [0.1, 0.15) is 5.71 Å². The van der Waals surface area contributed by atoms with Gasteiger partial charge < -0.3 is 5.32 Å². The van der Waals surface area contributed by atoms with Gasteiger partial charge in [0.25, 0.3) is 11.8 Å². The molecule has 6 nitrogen and oxygen atoms in total. The van der Waals surface area contributed by atoms with Gasteiger partial charge in [-0.15, -0.1) is 0 Å². The Kier molecular flexibility index (Phi) is 5.37. The van der Waals surface area contributed by atoms with E-state index in [1.807, 2.05) is 12.1 Å². The first-order chi connectivity index (χ1) is 10.6. The molecule has 1 aromatic heterocycles. The first-order valence-electron chi connectivity index (χ1n) is 6.38. The van der Waals surface area contributed by atoms with E-state index in [1.165, 1.54) is 19.3 Å². The van der Waals surface area contributed by atoms with Gasteiger partial charge in [-0.1, -0.05) is 15.9 Å². The van der Waals surface area contributed by atoms with Crippen LogP contribution in [0.3, 0.4) is 0 Å². The van der Waals surface area contributed by atoms with Crippen molar-refractivity contribution in [3.8, 4) is 0 Å². The number of nitrogens with zero attached hydrogens (tertiary/aromatic N) is 2. The largest absolute Gasteiger partial charge is 0.321 e. The lowest BCUT2D eigenvalue weighted by molar-refractivity contribution is -0.110. The van der Waals surface area contributed by atoms with E-state index in [0.717, 1.165) is 4.47 Å². The molecule has 2 rings (SSSR count). The summed E-state index contributed by atoms with van der Waals surface area (Å²) >= 11 is 3.32. The van der Waals surface area contributed by atoms with E-state index in [4.69, 9.17) is 0 Å². The van der Waals surface area contributed by atoms with Crippen molar-refractivity contribution in [3.05, 3.63) is 58.8 Å². The first kappa shape index (κ1) is 15.8. The molecule has 0 fully saturated rings. The van der Waals surface area contributed by atoms with E-state index in [2.05, 4.69) is 36.8 Å². The van der Waals surface area contributed by atoms with Crippen LogP contribution in [0.15, 0.2) is 58.4 Å². The minimum atomic E-state index is -0.404. The number of hydrogen-bond donors (Lipinski definition) is 2. The molecule has 1 aromatic carbocycles. The molecule has 0 unspecified atom stereocenters. The van der Waals surface area contributed by atoms with Crippen LogP contribution in [0.2, 0.25) is 0 Å². The number of pyridine rings is 1. The van der Waals surface area contributed by atoms with Crippen molar-refractivity contribution < 1.29 is 9.59 Å². The number of carbonyl (C=O) groups excluding carboxylic acids is 2. The number of hydrazone groups is 1. The molecule has 0 spiro atoms. The second-order valence-electron chi connectivity index (χ2n) is 4.34. The van der Waals surface area contributed by atoms with Crippen LogP contribution in [0, 0.1) is 0 Å². The van der Waals surface area contributed by atoms with E-state index in [0.29, 0.717) is 11.3 Å². The Morgan fingerprint density at radius 1 is 1.09 bits per heavy atom. The van der Waals surface area contributed by atoms with Gasteiger partial charge in [0, 0.05) is 28.1 Å². The Hall–Kier alpha value is -2.54. The summed E-state index contributed by atoms with van der Waals surface area (Å²) in [7, 11) is 0. The Morgan fingerprint density at radius 2 is 1.73 bits per heavy atom. The van der Waals surface area contributed by atoms with Crippen molar-refractivity contribution >= 4 is 39.1 Å². The number of amides is 2. The summed E-state index contributed by atoms with van der Waals surface area (Å²) in [6.45, 7) is 1.51. The molecule has 2 amide bonds. The number of aromatic nitrogens is 1. The lowest BCUT2D eigenvalue weighted by Crippen LogP contribution is -2.25. The average molecular weight is 361 g/mol. The van der Waals surface area contributed by atoms with Gasteiger partial charge >= 0.3 is 0 Å². The molecule has 0 bridgehead atoms. The SMILES string of the molecule is C/C(=N\NC(=O)c1ccncc1)C(=O)Nc1ccc(Br)cc1. The predicted molar refractivity (Wildman–Crippen MR) is 87.6 cm³/mol. The molecular formula is C15H13BrN4O2. The van der Waals surface area contributed by atoms with Crippen molar-refractivity contribution in [1.29, 1.82) is 0 Å². The summed E-state index contributed by atoms with van der Waals surface area (Å²) in [6.07, 6.45) is 3.01. The number of halogens is 1. The monoisotopic (exact) mass is 360 g/mol. The number of carbonyl (C=O) groups is 2. The third kappa shape index (κ3) is 4.49. The van der Waals surface area contributed by atoms with Crippen LogP contribution in [0.5, 0.6) is 0 Å². The zero-order chi connectivity index (χ0) is 15.9. The van der Waals surface area contributed by atoms with Crippen LogP contribution in [0.1, 0.15) is 17.3 Å². The highest BCUT2D eigenvalue weighted by molar-refractivity contribution is 9.10. The van der Waals surface area contributed by atoms with Crippen LogP contribution >= 0.6 is 15.9 Å². The number of nitrogens with one attached hydrogen (secondary N) is 2. The number of anilines is 1. The summed E-state index contributed by atoms with van der Waals surface area (Å²) in [5.74, 6) is -0.796. The maximum atomic E-state index is 11.9.